The molecule has 0 fully saturated rings. The van der Waals surface area contributed by atoms with Crippen LogP contribution in [0.1, 0.15) is 36.7 Å². The zero-order chi connectivity index (χ0) is 30.0. The van der Waals surface area contributed by atoms with Crippen LogP contribution in [0.3, 0.4) is 0 Å². The Hall–Kier alpha value is -3.93. The summed E-state index contributed by atoms with van der Waals surface area (Å²) in [6, 6.07) is 17.0. The third-order valence-corrected chi connectivity index (χ3v) is 9.07. The minimum absolute atomic E-state index is 0.0708. The lowest BCUT2D eigenvalue weighted by molar-refractivity contribution is 0.553. The molecule has 0 aliphatic heterocycles. The van der Waals surface area contributed by atoms with Crippen molar-refractivity contribution in [2.75, 3.05) is 4.72 Å². The molecule has 0 bridgehead atoms. The lowest BCUT2D eigenvalue weighted by Gasteiger charge is -2.11. The van der Waals surface area contributed by atoms with Crippen LogP contribution in [0.25, 0.3) is 11.2 Å². The van der Waals surface area contributed by atoms with Crippen LogP contribution < -0.4 is 16.0 Å². The van der Waals surface area contributed by atoms with Gasteiger partial charge in [0.1, 0.15) is 22.1 Å². The molecule has 3 aromatic carbocycles. The maximum Gasteiger partial charge on any atom is 0.333 e. The van der Waals surface area contributed by atoms with Crippen molar-refractivity contribution in [1.29, 1.82) is 0 Å². The van der Waals surface area contributed by atoms with E-state index in [4.69, 9.17) is 23.2 Å². The lowest BCUT2D eigenvalue weighted by Crippen LogP contribution is -2.40. The molecule has 42 heavy (non-hydrogen) atoms. The van der Waals surface area contributed by atoms with Crippen molar-refractivity contribution < 1.29 is 12.8 Å². The zero-order valence-electron chi connectivity index (χ0n) is 22.4. The summed E-state index contributed by atoms with van der Waals surface area (Å²) in [7, 11) is -3.98. The molecule has 13 heteroatoms. The molecule has 0 spiro atoms. The number of sulfonamides is 1. The van der Waals surface area contributed by atoms with Crippen LogP contribution in [0.4, 0.5) is 10.1 Å². The quantitative estimate of drug-likeness (QED) is 0.209. The molecule has 9 nitrogen and oxygen atoms in total. The van der Waals surface area contributed by atoms with Gasteiger partial charge in [0.25, 0.3) is 15.6 Å². The van der Waals surface area contributed by atoms with E-state index in [-0.39, 0.29) is 44.6 Å². The van der Waals surface area contributed by atoms with Gasteiger partial charge in [0.05, 0.1) is 16.6 Å². The number of H-pyrrole nitrogens is 1. The van der Waals surface area contributed by atoms with Crippen LogP contribution in [0.2, 0.25) is 10.0 Å². The normalized spacial score (nSPS) is 11.7. The molecule has 2 N–H and O–H groups in total. The van der Waals surface area contributed by atoms with Gasteiger partial charge in [-0.3, -0.25) is 18.7 Å². The second-order valence-electron chi connectivity index (χ2n) is 9.68. The van der Waals surface area contributed by atoms with E-state index >= 15 is 0 Å². The van der Waals surface area contributed by atoms with Crippen molar-refractivity contribution in [3.05, 3.63) is 120 Å². The fraction of sp³-hybridized carbons (Fsp3) is 0.207. The Morgan fingerprint density at radius 1 is 0.976 bits per heavy atom. The summed E-state index contributed by atoms with van der Waals surface area (Å²) in [6.07, 6.45) is 1.78. The number of unbranched alkanes of at least 4 members (excludes halogenated alkanes) is 1. The van der Waals surface area contributed by atoms with Crippen molar-refractivity contribution in [1.82, 2.24) is 19.1 Å². The number of aromatic amines is 1. The van der Waals surface area contributed by atoms with Gasteiger partial charge in [0, 0.05) is 24.2 Å². The number of benzene rings is 3. The first-order chi connectivity index (χ1) is 20.1. The van der Waals surface area contributed by atoms with E-state index in [9.17, 15) is 22.4 Å². The topological polar surface area (TPSA) is 119 Å². The molecule has 218 valence electrons. The molecule has 2 aromatic heterocycles. The molecule has 0 saturated carbocycles. The number of fused-ring (bicyclic) bond motifs is 1. The largest absolute Gasteiger partial charge is 0.336 e. The SMILES string of the molecule is CCCCn1c(=O)n(Cc2ccccc2F)c(=O)c2[nH]c(Cc3ccc(NS(=O)(=O)c4cccc(Cl)c4Cl)cc3)nc21. The standard InChI is InChI=1S/C29H26Cl2FN5O4S/c1-2-3-15-36-27-26(28(38)37(29(36)39)17-19-7-4-5-9-22(19)32)33-24(34-27)16-18-11-13-20(14-12-18)35-42(40,41)23-10-6-8-21(30)25(23)31/h4-14,35H,2-3,15-17H2,1H3,(H,33,34). The monoisotopic (exact) mass is 629 g/mol. The van der Waals surface area contributed by atoms with Crippen molar-refractivity contribution >= 4 is 50.1 Å². The molecule has 0 atom stereocenters. The maximum atomic E-state index is 14.3. The third-order valence-electron chi connectivity index (χ3n) is 6.72. The van der Waals surface area contributed by atoms with Crippen molar-refractivity contribution in [2.45, 2.75) is 44.2 Å². The van der Waals surface area contributed by atoms with Gasteiger partial charge in [0.15, 0.2) is 5.65 Å². The Bertz CT molecular complexity index is 2000. The van der Waals surface area contributed by atoms with E-state index in [1.807, 2.05) is 6.92 Å². The number of halogens is 3. The molecule has 0 radical (unpaired) electrons. The van der Waals surface area contributed by atoms with Crippen molar-refractivity contribution in [3.8, 4) is 0 Å². The highest BCUT2D eigenvalue weighted by atomic mass is 35.5. The molecule has 0 amide bonds. The van der Waals surface area contributed by atoms with Crippen LogP contribution in [-0.4, -0.2) is 27.5 Å². The van der Waals surface area contributed by atoms with E-state index in [1.165, 1.54) is 34.9 Å². The molecule has 0 aliphatic carbocycles. The number of hydrogen-bond acceptors (Lipinski definition) is 5. The van der Waals surface area contributed by atoms with Gasteiger partial charge in [-0.15, -0.1) is 0 Å². The number of nitrogens with zero attached hydrogens (tertiary/aromatic N) is 3. The summed E-state index contributed by atoms with van der Waals surface area (Å²) in [6.45, 7) is 2.12. The van der Waals surface area contributed by atoms with Gasteiger partial charge in [-0.2, -0.15) is 0 Å². The predicted molar refractivity (Wildman–Crippen MR) is 162 cm³/mol. The maximum absolute atomic E-state index is 14.3. The second kappa shape index (κ2) is 12.1. The molecule has 5 rings (SSSR count). The van der Waals surface area contributed by atoms with E-state index in [0.29, 0.717) is 24.5 Å². The minimum atomic E-state index is -3.98. The van der Waals surface area contributed by atoms with E-state index in [0.717, 1.165) is 16.6 Å². The average Bonchev–Trinajstić information content (AvgIpc) is 3.38. The number of rotatable bonds is 10. The Labute approximate surface area is 250 Å². The van der Waals surface area contributed by atoms with Gasteiger partial charge in [-0.05, 0) is 42.3 Å². The highest BCUT2D eigenvalue weighted by Crippen LogP contribution is 2.30. The highest BCUT2D eigenvalue weighted by Gasteiger charge is 2.21. The first-order valence-corrected chi connectivity index (χ1v) is 15.3. The molecule has 0 unspecified atom stereocenters. The van der Waals surface area contributed by atoms with Crippen LogP contribution in [-0.2, 0) is 29.5 Å². The van der Waals surface area contributed by atoms with Crippen molar-refractivity contribution in [3.63, 3.8) is 0 Å². The number of hydrogen-bond donors (Lipinski definition) is 2. The Kier molecular flexibility index (Phi) is 8.53. The summed E-state index contributed by atoms with van der Waals surface area (Å²) >= 11 is 12.1. The number of aromatic nitrogens is 4. The number of nitrogens with one attached hydrogen (secondary N) is 2. The van der Waals surface area contributed by atoms with Gasteiger partial charge in [0.2, 0.25) is 0 Å². The van der Waals surface area contributed by atoms with Crippen LogP contribution in [0.5, 0.6) is 0 Å². The fourth-order valence-corrected chi connectivity index (χ4v) is 6.36. The Balaban J connectivity index is 1.44. The second-order valence-corrected chi connectivity index (χ2v) is 12.1. The molecular weight excluding hydrogens is 604 g/mol. The van der Waals surface area contributed by atoms with Crippen LogP contribution in [0.15, 0.2) is 81.2 Å². The Morgan fingerprint density at radius 3 is 2.43 bits per heavy atom. The molecule has 5 aromatic rings. The molecule has 0 aliphatic rings. The zero-order valence-corrected chi connectivity index (χ0v) is 24.7. The van der Waals surface area contributed by atoms with Gasteiger partial charge >= 0.3 is 5.69 Å². The summed E-state index contributed by atoms with van der Waals surface area (Å²) in [5.74, 6) is -0.0647. The lowest BCUT2D eigenvalue weighted by atomic mass is 10.1. The summed E-state index contributed by atoms with van der Waals surface area (Å²) in [5, 5.41) is 0.0541. The summed E-state index contributed by atoms with van der Waals surface area (Å²) < 4.78 is 45.0. The van der Waals surface area contributed by atoms with Gasteiger partial charge in [-0.1, -0.05) is 72.9 Å². The average molecular weight is 631 g/mol. The summed E-state index contributed by atoms with van der Waals surface area (Å²) in [4.78, 5) is 34.2. The third kappa shape index (κ3) is 5.99. The molecule has 0 saturated heterocycles. The predicted octanol–water partition coefficient (Wildman–Crippen LogP) is 5.57. The molecule has 2 heterocycles. The van der Waals surface area contributed by atoms with Gasteiger partial charge in [-0.25, -0.2) is 22.6 Å². The molecular formula is C29H26Cl2FN5O4S. The minimum Gasteiger partial charge on any atom is -0.336 e. The number of aryl methyl sites for hydroxylation is 1. The Morgan fingerprint density at radius 2 is 1.71 bits per heavy atom. The van der Waals surface area contributed by atoms with E-state index in [1.54, 1.807) is 36.4 Å². The fourth-order valence-electron chi connectivity index (χ4n) is 4.54. The van der Waals surface area contributed by atoms with Crippen molar-refractivity contribution in [2.24, 2.45) is 0 Å². The van der Waals surface area contributed by atoms with Gasteiger partial charge < -0.3 is 4.98 Å². The van der Waals surface area contributed by atoms with E-state index in [2.05, 4.69) is 14.7 Å². The first kappa shape index (κ1) is 29.6. The first-order valence-electron chi connectivity index (χ1n) is 13.1. The van der Waals surface area contributed by atoms with Crippen LogP contribution in [0, 0.1) is 5.82 Å². The number of imidazole rings is 1. The smallest absolute Gasteiger partial charge is 0.333 e. The van der Waals surface area contributed by atoms with E-state index < -0.39 is 27.1 Å². The highest BCUT2D eigenvalue weighted by molar-refractivity contribution is 7.92. The van der Waals surface area contributed by atoms with Crippen LogP contribution >= 0.6 is 23.2 Å². The summed E-state index contributed by atoms with van der Waals surface area (Å²) in [5.41, 5.74) is 0.552. The number of anilines is 1.